The molecule has 0 N–H and O–H groups in total. The number of ether oxygens (including phenoxy) is 6. The first-order chi connectivity index (χ1) is 10.5. The second kappa shape index (κ2) is 13.0. The number of hydrogen-bond acceptors (Lipinski definition) is 9. The minimum absolute atomic E-state index is 0.192. The van der Waals surface area contributed by atoms with Gasteiger partial charge in [0, 0.05) is 19.3 Å². The molecule has 0 aromatic carbocycles. The minimum atomic E-state index is -1.32. The Bertz CT molecular complexity index is 290. The molecule has 0 aromatic rings. The van der Waals surface area contributed by atoms with Gasteiger partial charge in [-0.25, -0.2) is 0 Å². The fourth-order valence-corrected chi connectivity index (χ4v) is 0.916. The highest BCUT2D eigenvalue weighted by Gasteiger charge is 2.13. The average Bonchev–Trinajstić information content (AvgIpc) is 2.53. The highest BCUT2D eigenvalue weighted by atomic mass is 16.9. The molecule has 0 aliphatic carbocycles. The summed E-state index contributed by atoms with van der Waals surface area (Å²) in [6, 6.07) is 0. The second-order valence-corrected chi connectivity index (χ2v) is 3.75. The molecule has 0 radical (unpaired) electrons. The minimum Gasteiger partial charge on any atom is -0.438 e. The molecule has 0 aliphatic rings. The monoisotopic (exact) mass is 322 g/mol. The lowest BCUT2D eigenvalue weighted by atomic mass is 10.5. The molecule has 0 fully saturated rings. The molecule has 0 amide bonds. The Labute approximate surface area is 128 Å². The molecule has 0 rings (SSSR count). The van der Waals surface area contributed by atoms with E-state index in [9.17, 15) is 14.4 Å². The number of carbonyl (C=O) groups excluding carboxylic acids is 3. The van der Waals surface area contributed by atoms with Gasteiger partial charge in [0.2, 0.25) is 0 Å². The lowest BCUT2D eigenvalue weighted by molar-refractivity contribution is -0.340. The van der Waals surface area contributed by atoms with Crippen LogP contribution < -0.4 is 0 Å². The van der Waals surface area contributed by atoms with Gasteiger partial charge in [-0.05, 0) is 0 Å². The largest absolute Gasteiger partial charge is 0.438 e. The molecular weight excluding hydrogens is 300 g/mol. The van der Waals surface area contributed by atoms with Crippen LogP contribution in [0.2, 0.25) is 0 Å². The third kappa shape index (κ3) is 11.0. The van der Waals surface area contributed by atoms with Crippen LogP contribution in [0.5, 0.6) is 0 Å². The van der Waals surface area contributed by atoms with Crippen LogP contribution in [0.25, 0.3) is 0 Å². The van der Waals surface area contributed by atoms with Gasteiger partial charge in [0.15, 0.2) is 20.4 Å². The summed E-state index contributed by atoms with van der Waals surface area (Å²) in [7, 11) is 0. The third-order valence-corrected chi connectivity index (χ3v) is 2.14. The zero-order valence-corrected chi connectivity index (χ0v) is 13.0. The Kier molecular flexibility index (Phi) is 12.0. The molecule has 0 aromatic heterocycles. The topological polar surface area (TPSA) is 107 Å². The first kappa shape index (κ1) is 20.3. The van der Waals surface area contributed by atoms with Gasteiger partial charge in [-0.15, -0.1) is 0 Å². The first-order valence-electron chi connectivity index (χ1n) is 6.85. The van der Waals surface area contributed by atoms with Crippen LogP contribution >= 0.6 is 0 Å². The van der Waals surface area contributed by atoms with Gasteiger partial charge in [0.1, 0.15) is 0 Å². The van der Waals surface area contributed by atoms with E-state index >= 15 is 0 Å². The molecular formula is C13H22O9. The summed E-state index contributed by atoms with van der Waals surface area (Å²) in [5.74, 6) is -1.39. The summed E-state index contributed by atoms with van der Waals surface area (Å²) in [5.41, 5.74) is 0. The molecule has 0 spiro atoms. The van der Waals surface area contributed by atoms with Crippen molar-refractivity contribution in [1.82, 2.24) is 0 Å². The van der Waals surface area contributed by atoms with Crippen molar-refractivity contribution < 1.29 is 42.8 Å². The maximum Gasteiger partial charge on any atom is 0.307 e. The van der Waals surface area contributed by atoms with Crippen molar-refractivity contribution in [3.05, 3.63) is 0 Å². The fraction of sp³-hybridized carbons (Fsp3) is 0.769. The van der Waals surface area contributed by atoms with Crippen molar-refractivity contribution >= 4 is 17.9 Å². The van der Waals surface area contributed by atoms with E-state index in [0.717, 1.165) is 0 Å². The number of carbonyl (C=O) groups is 3. The van der Waals surface area contributed by atoms with E-state index in [1.54, 1.807) is 20.8 Å². The van der Waals surface area contributed by atoms with Gasteiger partial charge < -0.3 is 14.2 Å². The van der Waals surface area contributed by atoms with Gasteiger partial charge >= 0.3 is 17.9 Å². The Morgan fingerprint density at radius 1 is 0.636 bits per heavy atom. The van der Waals surface area contributed by atoms with Crippen molar-refractivity contribution in [2.45, 2.75) is 46.5 Å². The summed E-state index contributed by atoms with van der Waals surface area (Å²) in [6.07, 6.45) is 0.577. The molecule has 0 unspecified atom stereocenters. The van der Waals surface area contributed by atoms with Crippen LogP contribution in [0, 0.1) is 0 Å². The van der Waals surface area contributed by atoms with Gasteiger partial charge in [0.05, 0.1) is 0 Å². The molecule has 0 saturated heterocycles. The summed E-state index contributed by atoms with van der Waals surface area (Å²) in [6.45, 7) is 2.31. The SMILES string of the molecule is CCC(=O)OCOC(OCOC(=O)CC)OCOC(=O)CC. The van der Waals surface area contributed by atoms with Crippen molar-refractivity contribution in [2.75, 3.05) is 20.4 Å². The average molecular weight is 322 g/mol. The quantitative estimate of drug-likeness (QED) is 0.296. The molecule has 22 heavy (non-hydrogen) atoms. The Morgan fingerprint density at radius 2 is 0.909 bits per heavy atom. The molecule has 0 heterocycles. The van der Waals surface area contributed by atoms with Crippen molar-refractivity contribution in [1.29, 1.82) is 0 Å². The van der Waals surface area contributed by atoms with Crippen molar-refractivity contribution in [3.8, 4) is 0 Å². The van der Waals surface area contributed by atoms with Crippen LogP contribution in [0.15, 0.2) is 0 Å². The van der Waals surface area contributed by atoms with E-state index in [-0.39, 0.29) is 19.3 Å². The van der Waals surface area contributed by atoms with Crippen LogP contribution in [0.1, 0.15) is 40.0 Å². The van der Waals surface area contributed by atoms with Crippen molar-refractivity contribution in [2.24, 2.45) is 0 Å². The Balaban J connectivity index is 4.09. The highest BCUT2D eigenvalue weighted by molar-refractivity contribution is 5.69. The van der Waals surface area contributed by atoms with E-state index in [1.165, 1.54) is 0 Å². The van der Waals surface area contributed by atoms with E-state index in [2.05, 4.69) is 14.2 Å². The van der Waals surface area contributed by atoms with Gasteiger partial charge in [0.25, 0.3) is 6.48 Å². The van der Waals surface area contributed by atoms with E-state index in [1.807, 2.05) is 0 Å². The van der Waals surface area contributed by atoms with Crippen LogP contribution in [0.3, 0.4) is 0 Å². The van der Waals surface area contributed by atoms with Crippen LogP contribution in [0.4, 0.5) is 0 Å². The van der Waals surface area contributed by atoms with E-state index < -0.39 is 44.8 Å². The predicted molar refractivity (Wildman–Crippen MR) is 70.8 cm³/mol. The number of hydrogen-bond donors (Lipinski definition) is 0. The molecule has 0 atom stereocenters. The standard InChI is InChI=1S/C13H22O9/c1-4-10(14)17-7-20-13(21-8-18-11(15)5-2)22-9-19-12(16)6-3/h13H,4-9H2,1-3H3. The molecule has 0 bridgehead atoms. The van der Waals surface area contributed by atoms with Gasteiger partial charge in [-0.1, -0.05) is 20.8 Å². The fourth-order valence-electron chi connectivity index (χ4n) is 0.916. The first-order valence-corrected chi connectivity index (χ1v) is 6.85. The zero-order chi connectivity index (χ0) is 16.8. The number of esters is 3. The van der Waals surface area contributed by atoms with Crippen LogP contribution in [-0.4, -0.2) is 44.8 Å². The Hall–Kier alpha value is -1.71. The molecule has 9 heteroatoms. The van der Waals surface area contributed by atoms with Crippen molar-refractivity contribution in [3.63, 3.8) is 0 Å². The smallest absolute Gasteiger partial charge is 0.307 e. The third-order valence-electron chi connectivity index (χ3n) is 2.14. The van der Waals surface area contributed by atoms with Gasteiger partial charge in [-0.2, -0.15) is 0 Å². The van der Waals surface area contributed by atoms with Gasteiger partial charge in [-0.3, -0.25) is 28.6 Å². The van der Waals surface area contributed by atoms with Crippen LogP contribution in [-0.2, 0) is 42.8 Å². The van der Waals surface area contributed by atoms with E-state index in [0.29, 0.717) is 0 Å². The highest BCUT2D eigenvalue weighted by Crippen LogP contribution is 2.01. The van der Waals surface area contributed by atoms with E-state index in [4.69, 9.17) is 14.2 Å². The molecule has 9 nitrogen and oxygen atoms in total. The summed E-state index contributed by atoms with van der Waals surface area (Å²) < 4.78 is 29.0. The normalized spacial score (nSPS) is 10.4. The molecule has 0 saturated carbocycles. The summed E-state index contributed by atoms with van der Waals surface area (Å²) in [4.78, 5) is 32.9. The Morgan fingerprint density at radius 3 is 1.14 bits per heavy atom. The summed E-state index contributed by atoms with van der Waals surface area (Å²) in [5, 5.41) is 0. The zero-order valence-electron chi connectivity index (χ0n) is 13.0. The maximum absolute atomic E-state index is 11.0. The lowest BCUT2D eigenvalue weighted by Gasteiger charge is -2.18. The predicted octanol–water partition coefficient (Wildman–Crippen LogP) is 1.05. The molecule has 0 aliphatic heterocycles. The molecule has 128 valence electrons. The number of rotatable bonds is 12. The second-order valence-electron chi connectivity index (χ2n) is 3.75. The lowest BCUT2D eigenvalue weighted by Crippen LogP contribution is -2.27. The summed E-state index contributed by atoms with van der Waals surface area (Å²) >= 11 is 0. The maximum atomic E-state index is 11.0.